The molecule has 0 atom stereocenters. The number of carbonyl (C=O) groups is 2. The molecule has 31 heavy (non-hydrogen) atoms. The Labute approximate surface area is 180 Å². The molecule has 0 aliphatic rings. The normalized spacial score (nSPS) is 10.1. The molecule has 2 rings (SSSR count). The molecule has 0 radical (unpaired) electrons. The van der Waals surface area contributed by atoms with Crippen LogP contribution in [-0.4, -0.2) is 47.4 Å². The van der Waals surface area contributed by atoms with Gasteiger partial charge in [-0.1, -0.05) is 0 Å². The lowest BCUT2D eigenvalue weighted by Gasteiger charge is -2.11. The number of thioether (sulfide) groups is 1. The monoisotopic (exact) mass is 450 g/mol. The number of anilines is 2. The quantitative estimate of drug-likeness (QED) is 0.409. The van der Waals surface area contributed by atoms with E-state index in [1.54, 1.807) is 0 Å². The molecule has 0 saturated carbocycles. The van der Waals surface area contributed by atoms with Gasteiger partial charge in [-0.25, -0.2) is 0 Å². The van der Waals surface area contributed by atoms with Crippen LogP contribution in [0.5, 0.6) is 11.5 Å². The van der Waals surface area contributed by atoms with Crippen LogP contribution >= 0.6 is 11.8 Å². The highest BCUT2D eigenvalue weighted by Gasteiger charge is 2.15. The van der Waals surface area contributed by atoms with Crippen LogP contribution in [0.1, 0.15) is 0 Å². The fourth-order valence-corrected chi connectivity index (χ4v) is 3.02. The molecule has 12 nitrogen and oxygen atoms in total. The maximum absolute atomic E-state index is 12.1. The topological polar surface area (TPSA) is 163 Å². The lowest BCUT2D eigenvalue weighted by atomic mass is 10.2. The number of non-ortho nitro benzene ring substituents is 2. The van der Waals surface area contributed by atoms with Gasteiger partial charge >= 0.3 is 0 Å². The molecular weight excluding hydrogens is 432 g/mol. The molecule has 0 saturated heterocycles. The van der Waals surface area contributed by atoms with Gasteiger partial charge in [0.05, 0.1) is 59.1 Å². The van der Waals surface area contributed by atoms with E-state index in [2.05, 4.69) is 10.6 Å². The summed E-state index contributed by atoms with van der Waals surface area (Å²) in [5.74, 6) is -0.725. The molecule has 0 fully saturated rings. The zero-order chi connectivity index (χ0) is 23.0. The van der Waals surface area contributed by atoms with Crippen LogP contribution in [0.3, 0.4) is 0 Å². The number of nitrogens with zero attached hydrogens (tertiary/aromatic N) is 2. The van der Waals surface area contributed by atoms with E-state index in [9.17, 15) is 29.8 Å². The second kappa shape index (κ2) is 10.8. The fraction of sp³-hybridized carbons (Fsp3) is 0.222. The first-order valence-corrected chi connectivity index (χ1v) is 9.73. The van der Waals surface area contributed by atoms with Gasteiger partial charge in [-0.3, -0.25) is 29.8 Å². The number of carbonyl (C=O) groups excluding carboxylic acids is 2. The van der Waals surface area contributed by atoms with Crippen LogP contribution in [0.2, 0.25) is 0 Å². The van der Waals surface area contributed by atoms with Crippen molar-refractivity contribution < 1.29 is 28.9 Å². The number of nitro groups is 2. The lowest BCUT2D eigenvalue weighted by Crippen LogP contribution is -2.19. The number of ether oxygens (including phenoxy) is 2. The Kier molecular flexibility index (Phi) is 8.14. The summed E-state index contributed by atoms with van der Waals surface area (Å²) in [7, 11) is 2.64. The Bertz CT molecular complexity index is 935. The Hall–Kier alpha value is -3.87. The Morgan fingerprint density at radius 2 is 1.23 bits per heavy atom. The molecule has 2 N–H and O–H groups in total. The summed E-state index contributed by atoms with van der Waals surface area (Å²) in [4.78, 5) is 44.7. The van der Waals surface area contributed by atoms with Crippen molar-refractivity contribution in [2.75, 3.05) is 36.4 Å². The number of amides is 2. The van der Waals surface area contributed by atoms with E-state index in [1.165, 1.54) is 50.6 Å². The molecule has 0 aliphatic heterocycles. The van der Waals surface area contributed by atoms with Gasteiger partial charge in [0.1, 0.15) is 11.5 Å². The molecule has 2 aromatic carbocycles. The van der Waals surface area contributed by atoms with E-state index in [0.717, 1.165) is 11.8 Å². The van der Waals surface area contributed by atoms with Gasteiger partial charge in [0, 0.05) is 12.1 Å². The lowest BCUT2D eigenvalue weighted by molar-refractivity contribution is -0.385. The van der Waals surface area contributed by atoms with Crippen LogP contribution < -0.4 is 20.1 Å². The number of methoxy groups -OCH3 is 2. The van der Waals surface area contributed by atoms with Crippen LogP contribution in [0.25, 0.3) is 0 Å². The van der Waals surface area contributed by atoms with Crippen LogP contribution in [0.4, 0.5) is 22.7 Å². The average Bonchev–Trinajstić information content (AvgIpc) is 2.73. The molecular formula is C18H18N4O8S. The van der Waals surface area contributed by atoms with Crippen molar-refractivity contribution >= 4 is 46.3 Å². The van der Waals surface area contributed by atoms with Crippen LogP contribution in [-0.2, 0) is 9.59 Å². The maximum atomic E-state index is 12.1. The van der Waals surface area contributed by atoms with E-state index in [-0.39, 0.29) is 45.8 Å². The zero-order valence-electron chi connectivity index (χ0n) is 16.4. The predicted molar refractivity (Wildman–Crippen MR) is 114 cm³/mol. The molecule has 0 aromatic heterocycles. The van der Waals surface area contributed by atoms with Gasteiger partial charge in [0.15, 0.2) is 0 Å². The third-order valence-electron chi connectivity index (χ3n) is 3.81. The minimum absolute atomic E-state index is 0.0645. The number of rotatable bonds is 10. The van der Waals surface area contributed by atoms with Crippen molar-refractivity contribution in [3.8, 4) is 11.5 Å². The summed E-state index contributed by atoms with van der Waals surface area (Å²) in [6.07, 6.45) is 0. The number of nitro benzene ring substituents is 2. The SMILES string of the molecule is COc1cc([N+](=O)[O-])ccc1NC(=O)CSCC(=O)Nc1ccc([N+](=O)[O-])cc1OC. The van der Waals surface area contributed by atoms with Gasteiger partial charge in [0.2, 0.25) is 11.8 Å². The van der Waals surface area contributed by atoms with E-state index in [0.29, 0.717) is 0 Å². The second-order valence-electron chi connectivity index (χ2n) is 5.87. The van der Waals surface area contributed by atoms with E-state index in [1.807, 2.05) is 0 Å². The Morgan fingerprint density at radius 1 is 0.839 bits per heavy atom. The molecule has 0 bridgehead atoms. The third kappa shape index (κ3) is 6.57. The van der Waals surface area contributed by atoms with Crippen molar-refractivity contribution in [3.63, 3.8) is 0 Å². The summed E-state index contributed by atoms with van der Waals surface area (Å²) in [5, 5.41) is 26.7. The van der Waals surface area contributed by atoms with E-state index < -0.39 is 21.7 Å². The molecule has 164 valence electrons. The molecule has 13 heteroatoms. The largest absolute Gasteiger partial charge is 0.494 e. The summed E-state index contributed by atoms with van der Waals surface area (Å²) < 4.78 is 10.1. The molecule has 2 aromatic rings. The molecule has 2 amide bonds. The molecule has 0 spiro atoms. The first kappa shape index (κ1) is 23.4. The highest BCUT2D eigenvalue weighted by molar-refractivity contribution is 8.00. The molecule has 0 heterocycles. The number of nitrogens with one attached hydrogen (secondary N) is 2. The van der Waals surface area contributed by atoms with Crippen molar-refractivity contribution in [1.82, 2.24) is 0 Å². The number of benzene rings is 2. The molecule has 0 aliphatic carbocycles. The first-order valence-electron chi connectivity index (χ1n) is 8.57. The highest BCUT2D eigenvalue weighted by atomic mass is 32.2. The standard InChI is InChI=1S/C18H18N4O8S/c1-29-15-7-11(21(25)26)3-5-13(15)19-17(23)9-31-10-18(24)20-14-6-4-12(22(27)28)8-16(14)30-2/h3-8H,9-10H2,1-2H3,(H,19,23)(H,20,24). The second-order valence-corrected chi connectivity index (χ2v) is 6.86. The zero-order valence-corrected chi connectivity index (χ0v) is 17.3. The van der Waals surface area contributed by atoms with E-state index in [4.69, 9.17) is 9.47 Å². The van der Waals surface area contributed by atoms with Crippen LogP contribution in [0.15, 0.2) is 36.4 Å². The third-order valence-corrected chi connectivity index (χ3v) is 4.74. The molecule has 0 unspecified atom stereocenters. The van der Waals surface area contributed by atoms with Crippen molar-refractivity contribution in [2.24, 2.45) is 0 Å². The Morgan fingerprint density at radius 3 is 1.55 bits per heavy atom. The summed E-state index contributed by atoms with van der Waals surface area (Å²) in [6, 6.07) is 7.55. The maximum Gasteiger partial charge on any atom is 0.273 e. The van der Waals surface area contributed by atoms with Crippen molar-refractivity contribution in [2.45, 2.75) is 0 Å². The van der Waals surface area contributed by atoms with Crippen molar-refractivity contribution in [3.05, 3.63) is 56.6 Å². The van der Waals surface area contributed by atoms with Gasteiger partial charge in [0.25, 0.3) is 11.4 Å². The van der Waals surface area contributed by atoms with E-state index >= 15 is 0 Å². The summed E-state index contributed by atoms with van der Waals surface area (Å²) >= 11 is 1.03. The average molecular weight is 450 g/mol. The highest BCUT2D eigenvalue weighted by Crippen LogP contribution is 2.30. The smallest absolute Gasteiger partial charge is 0.273 e. The van der Waals surface area contributed by atoms with Crippen molar-refractivity contribution in [1.29, 1.82) is 0 Å². The Balaban J connectivity index is 1.88. The predicted octanol–water partition coefficient (Wildman–Crippen LogP) is 2.83. The van der Waals surface area contributed by atoms with Gasteiger partial charge in [-0.2, -0.15) is 0 Å². The fourth-order valence-electron chi connectivity index (χ4n) is 2.40. The minimum atomic E-state index is -0.581. The van der Waals surface area contributed by atoms with Gasteiger partial charge < -0.3 is 20.1 Å². The minimum Gasteiger partial charge on any atom is -0.494 e. The summed E-state index contributed by atoms with van der Waals surface area (Å²) in [5.41, 5.74) is 0.169. The summed E-state index contributed by atoms with van der Waals surface area (Å²) in [6.45, 7) is 0. The number of hydrogen-bond donors (Lipinski definition) is 2. The van der Waals surface area contributed by atoms with Gasteiger partial charge in [-0.15, -0.1) is 11.8 Å². The number of hydrogen-bond acceptors (Lipinski definition) is 9. The first-order chi connectivity index (χ1) is 14.7. The van der Waals surface area contributed by atoms with Gasteiger partial charge in [-0.05, 0) is 12.1 Å². The van der Waals surface area contributed by atoms with Crippen LogP contribution in [0, 0.1) is 20.2 Å².